The van der Waals surface area contributed by atoms with Crippen LogP contribution in [0.2, 0.25) is 5.02 Å². The SMILES string of the molecule is O=C(Oc1ccc(Cl)cc1Cc1ccccc1)C(F)(F)C(F)(F)C(F)(F)F. The number of esters is 1. The summed E-state index contributed by atoms with van der Waals surface area (Å²) in [6.07, 6.45) is -6.63. The van der Waals surface area contributed by atoms with Crippen molar-refractivity contribution in [1.82, 2.24) is 0 Å². The van der Waals surface area contributed by atoms with Crippen LogP contribution >= 0.6 is 11.6 Å². The first-order chi connectivity index (χ1) is 12.4. The second-order valence-electron chi connectivity index (χ2n) is 5.45. The molecular formula is C17H10ClF7O2. The number of benzene rings is 2. The smallest absolute Gasteiger partial charge is 0.422 e. The summed E-state index contributed by atoms with van der Waals surface area (Å²) in [5.74, 6) is -16.3. The van der Waals surface area contributed by atoms with E-state index < -0.39 is 29.7 Å². The van der Waals surface area contributed by atoms with Gasteiger partial charge in [-0.25, -0.2) is 4.79 Å². The van der Waals surface area contributed by atoms with Gasteiger partial charge in [0.2, 0.25) is 0 Å². The van der Waals surface area contributed by atoms with E-state index >= 15 is 0 Å². The summed E-state index contributed by atoms with van der Waals surface area (Å²) in [5.41, 5.74) is 0.678. The average Bonchev–Trinajstić information content (AvgIpc) is 2.57. The normalized spacial score (nSPS) is 12.7. The van der Waals surface area contributed by atoms with Gasteiger partial charge in [-0.3, -0.25) is 0 Å². The van der Waals surface area contributed by atoms with E-state index in [0.29, 0.717) is 5.56 Å². The molecule has 0 unspecified atom stereocenters. The Hall–Kier alpha value is -2.29. The molecule has 0 N–H and O–H groups in total. The summed E-state index contributed by atoms with van der Waals surface area (Å²) in [6.45, 7) is 0. The third kappa shape index (κ3) is 4.35. The molecule has 0 aliphatic rings. The van der Waals surface area contributed by atoms with Gasteiger partial charge in [-0.2, -0.15) is 30.7 Å². The molecule has 0 aliphatic carbocycles. The van der Waals surface area contributed by atoms with E-state index in [9.17, 15) is 35.5 Å². The fraction of sp³-hybridized carbons (Fsp3) is 0.235. The highest BCUT2D eigenvalue weighted by atomic mass is 35.5. The van der Waals surface area contributed by atoms with Crippen LogP contribution < -0.4 is 4.74 Å². The number of hydrogen-bond donors (Lipinski definition) is 0. The number of halogens is 8. The van der Waals surface area contributed by atoms with Crippen LogP contribution in [0, 0.1) is 0 Å². The molecule has 0 radical (unpaired) electrons. The van der Waals surface area contributed by atoms with Crippen molar-refractivity contribution < 1.29 is 40.3 Å². The van der Waals surface area contributed by atoms with Crippen molar-refractivity contribution in [2.45, 2.75) is 24.4 Å². The number of ether oxygens (including phenoxy) is 1. The molecule has 2 aromatic carbocycles. The van der Waals surface area contributed by atoms with Gasteiger partial charge in [-0.15, -0.1) is 0 Å². The maximum Gasteiger partial charge on any atom is 0.460 e. The van der Waals surface area contributed by atoms with Crippen LogP contribution in [-0.2, 0) is 11.2 Å². The zero-order chi connectivity index (χ0) is 20.5. The number of carbonyl (C=O) groups is 1. The standard InChI is InChI=1S/C17H10ClF7O2/c18-12-6-7-13(11(9-12)8-10-4-2-1-3-5-10)27-14(26)15(19,20)16(21,22)17(23,24)25/h1-7,9H,8H2. The third-order valence-corrected chi connectivity index (χ3v) is 3.70. The molecular weight excluding hydrogens is 405 g/mol. The van der Waals surface area contributed by atoms with Crippen LogP contribution in [0.3, 0.4) is 0 Å². The second kappa shape index (κ2) is 7.38. The summed E-state index contributed by atoms with van der Waals surface area (Å²) < 4.78 is 93.6. The zero-order valence-corrected chi connectivity index (χ0v) is 13.9. The highest BCUT2D eigenvalue weighted by Crippen LogP contribution is 2.47. The van der Waals surface area contributed by atoms with Crippen molar-refractivity contribution in [2.75, 3.05) is 0 Å². The monoisotopic (exact) mass is 414 g/mol. The Morgan fingerprint density at radius 1 is 0.926 bits per heavy atom. The lowest BCUT2D eigenvalue weighted by molar-refractivity contribution is -0.346. The second-order valence-corrected chi connectivity index (χ2v) is 5.89. The number of rotatable bonds is 5. The van der Waals surface area contributed by atoms with Gasteiger partial charge in [0.1, 0.15) is 5.75 Å². The summed E-state index contributed by atoms with van der Waals surface area (Å²) in [6, 6.07) is 11.5. The highest BCUT2D eigenvalue weighted by molar-refractivity contribution is 6.30. The van der Waals surface area contributed by atoms with Crippen LogP contribution in [0.1, 0.15) is 11.1 Å². The number of alkyl halides is 7. The van der Waals surface area contributed by atoms with Crippen LogP contribution in [0.15, 0.2) is 48.5 Å². The molecule has 2 aromatic rings. The van der Waals surface area contributed by atoms with Crippen molar-refractivity contribution in [1.29, 1.82) is 0 Å². The first-order valence-electron chi connectivity index (χ1n) is 7.23. The van der Waals surface area contributed by atoms with Gasteiger partial charge in [-0.05, 0) is 23.8 Å². The lowest BCUT2D eigenvalue weighted by Crippen LogP contribution is -2.57. The lowest BCUT2D eigenvalue weighted by Gasteiger charge is -2.26. The molecule has 2 rings (SSSR count). The average molecular weight is 415 g/mol. The van der Waals surface area contributed by atoms with Gasteiger partial charge in [0.15, 0.2) is 0 Å². The fourth-order valence-corrected chi connectivity index (χ4v) is 2.27. The van der Waals surface area contributed by atoms with Crippen LogP contribution in [0.4, 0.5) is 30.7 Å². The van der Waals surface area contributed by atoms with Gasteiger partial charge in [0.25, 0.3) is 0 Å². The molecule has 0 bridgehead atoms. The molecule has 0 amide bonds. The third-order valence-electron chi connectivity index (χ3n) is 3.47. The first-order valence-corrected chi connectivity index (χ1v) is 7.61. The first kappa shape index (κ1) is 21.0. The molecule has 0 atom stereocenters. The van der Waals surface area contributed by atoms with E-state index in [1.54, 1.807) is 30.3 Å². The predicted octanol–water partition coefficient (Wildman–Crippen LogP) is 5.67. The Balaban J connectivity index is 2.33. The van der Waals surface area contributed by atoms with Crippen molar-refractivity contribution in [3.8, 4) is 5.75 Å². The Morgan fingerprint density at radius 3 is 2.07 bits per heavy atom. The summed E-state index contributed by atoms with van der Waals surface area (Å²) in [4.78, 5) is 11.4. The van der Waals surface area contributed by atoms with Gasteiger partial charge >= 0.3 is 24.0 Å². The maximum atomic E-state index is 13.4. The predicted molar refractivity (Wildman–Crippen MR) is 82.3 cm³/mol. The summed E-state index contributed by atoms with van der Waals surface area (Å²) >= 11 is 5.78. The minimum Gasteiger partial charge on any atom is -0.422 e. The van der Waals surface area contributed by atoms with Crippen molar-refractivity contribution in [3.63, 3.8) is 0 Å². The molecule has 0 aromatic heterocycles. The molecule has 27 heavy (non-hydrogen) atoms. The minimum absolute atomic E-state index is 0.00521. The largest absolute Gasteiger partial charge is 0.460 e. The summed E-state index contributed by atoms with van der Waals surface area (Å²) in [7, 11) is 0. The summed E-state index contributed by atoms with van der Waals surface area (Å²) in [5, 5.41) is 0.119. The van der Waals surface area contributed by atoms with E-state index in [1.165, 1.54) is 6.07 Å². The molecule has 10 heteroatoms. The van der Waals surface area contributed by atoms with Gasteiger partial charge < -0.3 is 4.74 Å². The molecule has 2 nitrogen and oxygen atoms in total. The van der Waals surface area contributed by atoms with E-state index in [-0.39, 0.29) is 17.0 Å². The molecule has 0 fully saturated rings. The van der Waals surface area contributed by atoms with Gasteiger partial charge in [0, 0.05) is 17.0 Å². The zero-order valence-electron chi connectivity index (χ0n) is 13.2. The minimum atomic E-state index is -6.64. The Kier molecular flexibility index (Phi) is 5.74. The maximum absolute atomic E-state index is 13.4. The van der Waals surface area contributed by atoms with Crippen molar-refractivity contribution >= 4 is 17.6 Å². The van der Waals surface area contributed by atoms with Crippen LogP contribution in [-0.4, -0.2) is 24.0 Å². The van der Waals surface area contributed by atoms with Gasteiger partial charge in [-0.1, -0.05) is 41.9 Å². The van der Waals surface area contributed by atoms with E-state index in [4.69, 9.17) is 11.6 Å². The topological polar surface area (TPSA) is 26.3 Å². The van der Waals surface area contributed by atoms with Crippen molar-refractivity contribution in [3.05, 3.63) is 64.7 Å². The number of carbonyl (C=O) groups excluding carboxylic acids is 1. The van der Waals surface area contributed by atoms with Crippen LogP contribution in [0.25, 0.3) is 0 Å². The van der Waals surface area contributed by atoms with Gasteiger partial charge in [0.05, 0.1) is 0 Å². The number of hydrogen-bond acceptors (Lipinski definition) is 2. The van der Waals surface area contributed by atoms with E-state index in [0.717, 1.165) is 12.1 Å². The van der Waals surface area contributed by atoms with Crippen molar-refractivity contribution in [2.24, 2.45) is 0 Å². The highest BCUT2D eigenvalue weighted by Gasteiger charge is 2.77. The quantitative estimate of drug-likeness (QED) is 0.358. The Labute approximate surface area is 153 Å². The van der Waals surface area contributed by atoms with E-state index in [2.05, 4.69) is 4.74 Å². The molecule has 146 valence electrons. The Morgan fingerprint density at radius 2 is 1.52 bits per heavy atom. The molecule has 0 saturated heterocycles. The van der Waals surface area contributed by atoms with E-state index in [1.807, 2.05) is 0 Å². The molecule has 0 heterocycles. The lowest BCUT2D eigenvalue weighted by atomic mass is 10.0. The Bertz CT molecular complexity index is 820. The van der Waals surface area contributed by atoms with Crippen LogP contribution in [0.5, 0.6) is 5.75 Å². The fourth-order valence-electron chi connectivity index (χ4n) is 2.07. The molecule has 0 saturated carbocycles. The molecule has 0 aliphatic heterocycles. The molecule has 0 spiro atoms.